The quantitative estimate of drug-likeness (QED) is 0.648. The minimum absolute atomic E-state index is 0.112. The lowest BCUT2D eigenvalue weighted by Crippen LogP contribution is -2.41. The second-order valence-electron chi connectivity index (χ2n) is 4.94. The summed E-state index contributed by atoms with van der Waals surface area (Å²) >= 11 is 0. The first-order chi connectivity index (χ1) is 7.47. The van der Waals surface area contributed by atoms with Gasteiger partial charge in [0.2, 0.25) is 5.91 Å². The van der Waals surface area contributed by atoms with E-state index in [-0.39, 0.29) is 5.91 Å². The molecule has 1 atom stereocenters. The topological polar surface area (TPSA) is 58.4 Å². The van der Waals surface area contributed by atoms with E-state index in [1.165, 1.54) is 0 Å². The fourth-order valence-corrected chi connectivity index (χ4v) is 1.60. The predicted molar refractivity (Wildman–Crippen MR) is 68.2 cm³/mol. The van der Waals surface area contributed by atoms with Crippen molar-refractivity contribution in [2.45, 2.75) is 39.2 Å². The second kappa shape index (κ2) is 8.53. The maximum absolute atomic E-state index is 11.4. The summed E-state index contributed by atoms with van der Waals surface area (Å²) in [4.78, 5) is 13.6. The van der Waals surface area contributed by atoms with Crippen molar-refractivity contribution in [3.8, 4) is 0 Å². The molecule has 4 nitrogen and oxygen atoms in total. The maximum Gasteiger partial charge on any atom is 0.220 e. The fraction of sp³-hybridized carbons (Fsp3) is 0.917. The van der Waals surface area contributed by atoms with Crippen LogP contribution in [0.3, 0.4) is 0 Å². The molecule has 16 heavy (non-hydrogen) atoms. The van der Waals surface area contributed by atoms with Crippen molar-refractivity contribution in [3.63, 3.8) is 0 Å². The van der Waals surface area contributed by atoms with Crippen LogP contribution in [0.4, 0.5) is 0 Å². The van der Waals surface area contributed by atoms with E-state index in [0.29, 0.717) is 24.9 Å². The van der Waals surface area contributed by atoms with E-state index in [1.807, 2.05) is 0 Å². The minimum atomic E-state index is 0.112. The van der Waals surface area contributed by atoms with Gasteiger partial charge in [-0.2, -0.15) is 0 Å². The van der Waals surface area contributed by atoms with Gasteiger partial charge in [0.05, 0.1) is 0 Å². The van der Waals surface area contributed by atoms with Crippen molar-refractivity contribution in [2.75, 3.05) is 27.2 Å². The smallest absolute Gasteiger partial charge is 0.220 e. The number of nitrogens with zero attached hydrogens (tertiary/aromatic N) is 1. The number of likely N-dealkylation sites (N-methyl/N-ethyl adjacent to an activating group) is 1. The molecule has 0 aromatic rings. The van der Waals surface area contributed by atoms with Gasteiger partial charge in [-0.1, -0.05) is 13.8 Å². The van der Waals surface area contributed by atoms with Crippen molar-refractivity contribution in [1.29, 1.82) is 0 Å². The first-order valence-corrected chi connectivity index (χ1v) is 6.10. The highest BCUT2D eigenvalue weighted by atomic mass is 16.1. The molecule has 0 aliphatic carbocycles. The van der Waals surface area contributed by atoms with Gasteiger partial charge >= 0.3 is 0 Å². The van der Waals surface area contributed by atoms with E-state index < -0.39 is 0 Å². The molecule has 0 saturated carbocycles. The largest absolute Gasteiger partial charge is 0.355 e. The van der Waals surface area contributed by atoms with Crippen molar-refractivity contribution in [1.82, 2.24) is 10.2 Å². The average molecular weight is 229 g/mol. The summed E-state index contributed by atoms with van der Waals surface area (Å²) < 4.78 is 0. The molecule has 0 rings (SSSR count). The standard InChI is InChI=1S/C12H27N3O/c1-10(2)8-11(15(3)4)9-14-12(16)6-5-7-13/h10-11H,5-9,13H2,1-4H3,(H,14,16). The highest BCUT2D eigenvalue weighted by Gasteiger charge is 2.14. The number of hydrogen-bond acceptors (Lipinski definition) is 3. The molecule has 4 heteroatoms. The van der Waals surface area contributed by atoms with Gasteiger partial charge in [0.25, 0.3) is 0 Å². The zero-order valence-electron chi connectivity index (χ0n) is 11.1. The monoisotopic (exact) mass is 229 g/mol. The van der Waals surface area contributed by atoms with Crippen LogP contribution in [-0.2, 0) is 4.79 Å². The third kappa shape index (κ3) is 7.65. The highest BCUT2D eigenvalue weighted by molar-refractivity contribution is 5.75. The van der Waals surface area contributed by atoms with Crippen LogP contribution < -0.4 is 11.1 Å². The Morgan fingerprint density at radius 3 is 2.44 bits per heavy atom. The Bertz CT molecular complexity index is 193. The van der Waals surface area contributed by atoms with E-state index in [1.54, 1.807) is 0 Å². The van der Waals surface area contributed by atoms with Gasteiger partial charge in [0, 0.05) is 19.0 Å². The first kappa shape index (κ1) is 15.4. The Morgan fingerprint density at radius 2 is 2.00 bits per heavy atom. The molecular formula is C12H27N3O. The van der Waals surface area contributed by atoms with Gasteiger partial charge in [-0.05, 0) is 39.4 Å². The summed E-state index contributed by atoms with van der Waals surface area (Å²) in [7, 11) is 4.11. The average Bonchev–Trinajstić information content (AvgIpc) is 2.20. The molecule has 0 aromatic carbocycles. The van der Waals surface area contributed by atoms with E-state index in [0.717, 1.165) is 19.4 Å². The summed E-state index contributed by atoms with van der Waals surface area (Å²) in [6, 6.07) is 0.418. The summed E-state index contributed by atoms with van der Waals surface area (Å²) in [5.41, 5.74) is 5.36. The Morgan fingerprint density at radius 1 is 1.38 bits per heavy atom. The number of nitrogens with one attached hydrogen (secondary N) is 1. The fourth-order valence-electron chi connectivity index (χ4n) is 1.60. The highest BCUT2D eigenvalue weighted by Crippen LogP contribution is 2.08. The number of amides is 1. The molecule has 0 radical (unpaired) electrons. The van der Waals surface area contributed by atoms with E-state index >= 15 is 0 Å². The molecule has 1 amide bonds. The van der Waals surface area contributed by atoms with Crippen LogP contribution in [0, 0.1) is 5.92 Å². The van der Waals surface area contributed by atoms with Crippen molar-refractivity contribution in [2.24, 2.45) is 11.7 Å². The molecule has 3 N–H and O–H groups in total. The van der Waals surface area contributed by atoms with Crippen molar-refractivity contribution >= 4 is 5.91 Å². The molecule has 0 aromatic heterocycles. The maximum atomic E-state index is 11.4. The number of rotatable bonds is 8. The first-order valence-electron chi connectivity index (χ1n) is 6.10. The molecule has 1 unspecified atom stereocenters. The third-order valence-corrected chi connectivity index (χ3v) is 2.62. The normalized spacial score (nSPS) is 13.2. The van der Waals surface area contributed by atoms with Crippen LogP contribution in [0.5, 0.6) is 0 Å². The Hall–Kier alpha value is -0.610. The number of carbonyl (C=O) groups is 1. The Labute approximate surface area is 99.6 Å². The van der Waals surface area contributed by atoms with Crippen LogP contribution in [0.1, 0.15) is 33.1 Å². The summed E-state index contributed by atoms with van der Waals surface area (Å²) in [6.45, 7) is 5.71. The third-order valence-electron chi connectivity index (χ3n) is 2.62. The summed E-state index contributed by atoms with van der Waals surface area (Å²) in [6.07, 6.45) is 2.41. The van der Waals surface area contributed by atoms with Gasteiger partial charge in [0.1, 0.15) is 0 Å². The number of nitrogens with two attached hydrogens (primary N) is 1. The number of hydrogen-bond donors (Lipinski definition) is 2. The molecule has 96 valence electrons. The van der Waals surface area contributed by atoms with Gasteiger partial charge in [-0.15, -0.1) is 0 Å². The predicted octanol–water partition coefficient (Wildman–Crippen LogP) is 0.818. The molecule has 0 bridgehead atoms. The lowest BCUT2D eigenvalue weighted by atomic mass is 10.0. The minimum Gasteiger partial charge on any atom is -0.355 e. The molecule has 0 heterocycles. The Kier molecular flexibility index (Phi) is 8.21. The molecular weight excluding hydrogens is 202 g/mol. The van der Waals surface area contributed by atoms with Crippen molar-refractivity contribution in [3.05, 3.63) is 0 Å². The van der Waals surface area contributed by atoms with E-state index in [4.69, 9.17) is 5.73 Å². The Balaban J connectivity index is 3.87. The second-order valence-corrected chi connectivity index (χ2v) is 4.94. The van der Waals surface area contributed by atoms with Crippen LogP contribution >= 0.6 is 0 Å². The SMILES string of the molecule is CC(C)CC(CNC(=O)CCCN)N(C)C. The van der Waals surface area contributed by atoms with Gasteiger partial charge in [-0.25, -0.2) is 0 Å². The van der Waals surface area contributed by atoms with Crippen LogP contribution in [-0.4, -0.2) is 44.0 Å². The molecule has 0 fully saturated rings. The lowest BCUT2D eigenvalue weighted by Gasteiger charge is -2.26. The van der Waals surface area contributed by atoms with E-state index in [9.17, 15) is 4.79 Å². The van der Waals surface area contributed by atoms with Crippen LogP contribution in [0.15, 0.2) is 0 Å². The zero-order chi connectivity index (χ0) is 12.6. The van der Waals surface area contributed by atoms with Crippen LogP contribution in [0.2, 0.25) is 0 Å². The molecule has 0 saturated heterocycles. The van der Waals surface area contributed by atoms with Crippen LogP contribution in [0.25, 0.3) is 0 Å². The zero-order valence-corrected chi connectivity index (χ0v) is 11.1. The van der Waals surface area contributed by atoms with Gasteiger partial charge in [0.15, 0.2) is 0 Å². The summed E-state index contributed by atoms with van der Waals surface area (Å²) in [5, 5.41) is 2.97. The lowest BCUT2D eigenvalue weighted by molar-refractivity contribution is -0.121. The van der Waals surface area contributed by atoms with Gasteiger partial charge < -0.3 is 16.0 Å². The number of carbonyl (C=O) groups excluding carboxylic acids is 1. The van der Waals surface area contributed by atoms with Gasteiger partial charge in [-0.3, -0.25) is 4.79 Å². The van der Waals surface area contributed by atoms with Crippen molar-refractivity contribution < 1.29 is 4.79 Å². The summed E-state index contributed by atoms with van der Waals surface area (Å²) in [5.74, 6) is 0.759. The molecule has 0 aliphatic rings. The van der Waals surface area contributed by atoms with E-state index in [2.05, 4.69) is 38.2 Å². The molecule has 0 spiro atoms. The molecule has 0 aliphatic heterocycles.